The molecule has 3 aromatic heterocycles. The number of pyridine rings is 2. The molecular weight excluding hydrogens is 785 g/mol. The Morgan fingerprint density at radius 1 is 0.723 bits per heavy atom. The summed E-state index contributed by atoms with van der Waals surface area (Å²) in [4.78, 5) is 9.05. The molecule has 0 unspecified atom stereocenters. The molecule has 0 bridgehead atoms. The Bertz CT molecular complexity index is 2170. The van der Waals surface area contributed by atoms with E-state index in [0.717, 1.165) is 22.5 Å². The Hall–Kier alpha value is -3.73. The van der Waals surface area contributed by atoms with E-state index in [1.54, 1.807) is 23.6 Å². The molecule has 2 nitrogen and oxygen atoms in total. The van der Waals surface area contributed by atoms with Crippen molar-refractivity contribution in [3.05, 3.63) is 139 Å². The fourth-order valence-electron chi connectivity index (χ4n) is 5.32. The van der Waals surface area contributed by atoms with E-state index in [2.05, 4.69) is 102 Å². The van der Waals surface area contributed by atoms with Gasteiger partial charge >= 0.3 is 0 Å². The Kier molecular flexibility index (Phi) is 9.88. The predicted molar refractivity (Wildman–Crippen MR) is 201 cm³/mol. The van der Waals surface area contributed by atoms with Crippen LogP contribution in [-0.4, -0.2) is 18.0 Å². The Labute approximate surface area is 301 Å². The fourth-order valence-corrected chi connectivity index (χ4v) is 7.46. The van der Waals surface area contributed by atoms with Gasteiger partial charge in [0.1, 0.15) is 0 Å². The largest absolute Gasteiger partial charge is 0.305 e. The van der Waals surface area contributed by atoms with Crippen LogP contribution in [0.15, 0.2) is 122 Å². The van der Waals surface area contributed by atoms with Crippen molar-refractivity contribution in [3.63, 3.8) is 0 Å². The fraction of sp³-hybridized carbons (Fsp3) is 0.190. The topological polar surface area (TPSA) is 25.8 Å². The van der Waals surface area contributed by atoms with E-state index >= 15 is 0 Å². The number of hydrogen-bond donors (Lipinski definition) is 0. The van der Waals surface area contributed by atoms with Gasteiger partial charge in [-0.05, 0) is 61.7 Å². The molecule has 0 aliphatic rings. The number of aromatic nitrogens is 2. The molecular formula is C42H40IrN2SSi-2. The summed E-state index contributed by atoms with van der Waals surface area (Å²) >= 11 is 1.77. The van der Waals surface area contributed by atoms with Crippen LogP contribution in [0.3, 0.4) is 0 Å². The van der Waals surface area contributed by atoms with Crippen LogP contribution in [0.4, 0.5) is 0 Å². The van der Waals surface area contributed by atoms with Crippen LogP contribution in [0, 0.1) is 17.5 Å². The second-order valence-electron chi connectivity index (χ2n) is 13.6. The molecule has 0 amide bonds. The number of rotatable bonds is 5. The SMILES string of the molecule is C[Si](C)(C)c1ccc(-c2[c-]cccc2)nc1.[2H]C([2H])(c1ccnc(-c2[c-]cc3sc4cc(-c5ccccc5)ccc4c3c2)c1)C(C)(C)C.[Ir]. The van der Waals surface area contributed by atoms with E-state index in [9.17, 15) is 0 Å². The van der Waals surface area contributed by atoms with E-state index in [1.165, 1.54) is 36.5 Å². The summed E-state index contributed by atoms with van der Waals surface area (Å²) in [6.07, 6.45) is 2.25. The van der Waals surface area contributed by atoms with Crippen molar-refractivity contribution >= 4 is 44.8 Å². The molecule has 0 saturated heterocycles. The normalized spacial score (nSPS) is 12.5. The summed E-state index contributed by atoms with van der Waals surface area (Å²) in [7, 11) is -1.23. The average molecular weight is 827 g/mol. The maximum Gasteiger partial charge on any atom is 0.0795 e. The van der Waals surface area contributed by atoms with Crippen molar-refractivity contribution in [2.24, 2.45) is 5.41 Å². The van der Waals surface area contributed by atoms with Crippen molar-refractivity contribution in [1.82, 2.24) is 9.97 Å². The molecule has 0 aliphatic carbocycles. The van der Waals surface area contributed by atoms with Gasteiger partial charge in [0.25, 0.3) is 0 Å². The maximum atomic E-state index is 8.61. The molecule has 0 aliphatic heterocycles. The molecule has 0 spiro atoms. The van der Waals surface area contributed by atoms with Gasteiger partial charge in [0.05, 0.1) is 8.07 Å². The minimum Gasteiger partial charge on any atom is -0.305 e. The number of benzene rings is 4. The second-order valence-corrected chi connectivity index (χ2v) is 19.7. The van der Waals surface area contributed by atoms with Gasteiger partial charge in [-0.1, -0.05) is 112 Å². The zero-order valence-corrected chi connectivity index (χ0v) is 31.9. The number of thiophene rings is 1. The van der Waals surface area contributed by atoms with Crippen LogP contribution in [0.5, 0.6) is 0 Å². The second kappa shape index (κ2) is 14.6. The Balaban J connectivity index is 0.000000233. The summed E-state index contributed by atoms with van der Waals surface area (Å²) in [5.74, 6) is 0. The van der Waals surface area contributed by atoms with E-state index < -0.39 is 19.9 Å². The van der Waals surface area contributed by atoms with Gasteiger partial charge in [-0.2, -0.15) is 11.3 Å². The van der Waals surface area contributed by atoms with E-state index in [1.807, 2.05) is 69.4 Å². The Morgan fingerprint density at radius 2 is 1.51 bits per heavy atom. The van der Waals surface area contributed by atoms with Crippen LogP contribution < -0.4 is 5.19 Å². The van der Waals surface area contributed by atoms with Gasteiger partial charge in [0.15, 0.2) is 0 Å². The zero-order valence-electron chi connectivity index (χ0n) is 29.7. The first-order valence-electron chi connectivity index (χ1n) is 16.7. The zero-order chi connectivity index (χ0) is 34.1. The van der Waals surface area contributed by atoms with Gasteiger partial charge in [0.2, 0.25) is 0 Å². The van der Waals surface area contributed by atoms with Crippen LogP contribution in [0.1, 0.15) is 29.1 Å². The van der Waals surface area contributed by atoms with Gasteiger partial charge < -0.3 is 9.97 Å². The van der Waals surface area contributed by atoms with Crippen molar-refractivity contribution < 1.29 is 22.8 Å². The third kappa shape index (κ3) is 8.60. The smallest absolute Gasteiger partial charge is 0.0795 e. The molecule has 7 rings (SSSR count). The minimum absolute atomic E-state index is 0. The third-order valence-corrected chi connectivity index (χ3v) is 10.8. The van der Waals surface area contributed by atoms with E-state index in [0.29, 0.717) is 5.56 Å². The predicted octanol–water partition coefficient (Wildman–Crippen LogP) is 11.3. The van der Waals surface area contributed by atoms with Crippen molar-refractivity contribution in [2.75, 3.05) is 0 Å². The molecule has 47 heavy (non-hydrogen) atoms. The van der Waals surface area contributed by atoms with Gasteiger partial charge in [0, 0.05) is 39.9 Å². The third-order valence-electron chi connectivity index (χ3n) is 7.68. The molecule has 1 radical (unpaired) electrons. The quantitative estimate of drug-likeness (QED) is 0.128. The van der Waals surface area contributed by atoms with Crippen molar-refractivity contribution in [3.8, 4) is 33.6 Å². The van der Waals surface area contributed by atoms with E-state index in [4.69, 9.17) is 2.74 Å². The van der Waals surface area contributed by atoms with Crippen LogP contribution in [0.25, 0.3) is 53.8 Å². The maximum absolute atomic E-state index is 8.61. The van der Waals surface area contributed by atoms with Crippen LogP contribution in [-0.2, 0) is 26.5 Å². The van der Waals surface area contributed by atoms with Crippen LogP contribution >= 0.6 is 11.3 Å². The monoisotopic (exact) mass is 827 g/mol. The van der Waals surface area contributed by atoms with Crippen molar-refractivity contribution in [1.29, 1.82) is 0 Å². The molecule has 3 heterocycles. The number of nitrogens with zero attached hydrogens (tertiary/aromatic N) is 2. The van der Waals surface area contributed by atoms with Gasteiger partial charge in [-0.25, -0.2) is 0 Å². The molecule has 7 aromatic rings. The molecule has 5 heteroatoms. The standard InChI is InChI=1S/C28H24NS.C14H16NSi.Ir/c1-28(2,3)18-19-13-14-29-25(15-19)22-10-12-26-24(16-22)23-11-9-21(17-27(23)30-26)20-7-5-4-6-8-20;1-16(2,3)13-9-10-14(15-11-13)12-7-5-4-6-8-12;/h4-9,11-17H,18H2,1-3H3;4-7,9-11H,1-3H3;/q2*-1;/i18D2;;. The van der Waals surface area contributed by atoms with Crippen LogP contribution in [0.2, 0.25) is 19.6 Å². The summed E-state index contributed by atoms with van der Waals surface area (Å²) < 4.78 is 19.7. The van der Waals surface area contributed by atoms with Crippen molar-refractivity contribution in [2.45, 2.75) is 46.8 Å². The first-order chi connectivity index (χ1) is 22.8. The average Bonchev–Trinajstić information content (AvgIpc) is 3.46. The molecule has 0 fully saturated rings. The Morgan fingerprint density at radius 3 is 2.19 bits per heavy atom. The molecule has 4 aromatic carbocycles. The molecule has 0 saturated carbocycles. The molecule has 0 atom stereocenters. The number of hydrogen-bond acceptors (Lipinski definition) is 3. The first kappa shape index (κ1) is 31.8. The minimum atomic E-state index is -1.46. The van der Waals surface area contributed by atoms with Gasteiger partial charge in [-0.3, -0.25) is 0 Å². The summed E-state index contributed by atoms with van der Waals surface area (Å²) in [5, 5.41) is 3.80. The van der Waals surface area contributed by atoms with E-state index in [-0.39, 0.29) is 20.1 Å². The first-order valence-corrected chi connectivity index (χ1v) is 20.0. The number of fused-ring (bicyclic) bond motifs is 3. The molecule has 0 N–H and O–H groups in total. The molecule has 239 valence electrons. The van der Waals surface area contributed by atoms with Gasteiger partial charge in [-0.15, -0.1) is 59.7 Å². The summed E-state index contributed by atoms with van der Waals surface area (Å²) in [5.41, 5.74) is 6.26. The summed E-state index contributed by atoms with van der Waals surface area (Å²) in [6, 6.07) is 43.7. The summed E-state index contributed by atoms with van der Waals surface area (Å²) in [6.45, 7) is 12.8.